The number of benzene rings is 1. The van der Waals surface area contributed by atoms with E-state index in [0.717, 1.165) is 0 Å². The Morgan fingerprint density at radius 1 is 1.53 bits per heavy atom. The summed E-state index contributed by atoms with van der Waals surface area (Å²) in [6, 6.07) is 6.83. The fraction of sp³-hybridized carbons (Fsp3) is 0.167. The van der Waals surface area contributed by atoms with Gasteiger partial charge in [0.1, 0.15) is 0 Å². The van der Waals surface area contributed by atoms with Gasteiger partial charge in [-0.25, -0.2) is 9.78 Å². The average Bonchev–Trinajstić information content (AvgIpc) is 2.73. The third kappa shape index (κ3) is 2.31. The van der Waals surface area contributed by atoms with E-state index in [4.69, 9.17) is 21.1 Å². The number of aromatic carboxylic acids is 1. The van der Waals surface area contributed by atoms with Crippen LogP contribution in [0.15, 0.2) is 28.7 Å². The number of rotatable bonds is 3. The maximum Gasteiger partial charge on any atom is 0.358 e. The van der Waals surface area contributed by atoms with Crippen molar-refractivity contribution in [3.8, 4) is 11.3 Å². The molecule has 0 amide bonds. The topological polar surface area (TPSA) is 63.3 Å². The zero-order valence-corrected chi connectivity index (χ0v) is 9.86. The predicted octanol–water partition coefficient (Wildman–Crippen LogP) is 3.26. The van der Waals surface area contributed by atoms with Gasteiger partial charge >= 0.3 is 5.97 Å². The zero-order chi connectivity index (χ0) is 12.4. The molecule has 0 unspecified atom stereocenters. The van der Waals surface area contributed by atoms with Crippen molar-refractivity contribution < 1.29 is 14.3 Å². The molecule has 2 aromatic rings. The molecule has 1 heterocycles. The van der Waals surface area contributed by atoms with Crippen LogP contribution < -0.4 is 0 Å². The minimum absolute atomic E-state index is 0.0795. The second-order valence-electron chi connectivity index (χ2n) is 3.45. The van der Waals surface area contributed by atoms with Crippen LogP contribution in [0.3, 0.4) is 0 Å². The van der Waals surface area contributed by atoms with Crippen LogP contribution in [0.2, 0.25) is 5.02 Å². The molecule has 1 aromatic carbocycles. The SMILES string of the molecule is CCc1nc(C(=O)O)c(-c2cccc(Cl)c2)o1. The van der Waals surface area contributed by atoms with Crippen molar-refractivity contribution in [3.05, 3.63) is 40.9 Å². The lowest BCUT2D eigenvalue weighted by Gasteiger charge is -1.98. The van der Waals surface area contributed by atoms with Crippen molar-refractivity contribution in [2.75, 3.05) is 0 Å². The molecule has 0 spiro atoms. The molecule has 5 heteroatoms. The summed E-state index contributed by atoms with van der Waals surface area (Å²) in [5.41, 5.74) is 0.534. The molecular formula is C12H10ClNO3. The first-order chi connectivity index (χ1) is 8.11. The Kier molecular flexibility index (Phi) is 3.15. The molecule has 0 atom stereocenters. The normalized spacial score (nSPS) is 10.5. The molecule has 0 fully saturated rings. The summed E-state index contributed by atoms with van der Waals surface area (Å²) < 4.78 is 5.42. The van der Waals surface area contributed by atoms with E-state index in [2.05, 4.69) is 4.98 Å². The lowest BCUT2D eigenvalue weighted by atomic mass is 10.1. The van der Waals surface area contributed by atoms with Gasteiger partial charge in [0.05, 0.1) is 0 Å². The molecule has 88 valence electrons. The van der Waals surface area contributed by atoms with Crippen molar-refractivity contribution >= 4 is 17.6 Å². The highest BCUT2D eigenvalue weighted by Crippen LogP contribution is 2.27. The number of carbonyl (C=O) groups is 1. The van der Waals surface area contributed by atoms with E-state index in [9.17, 15) is 4.79 Å². The van der Waals surface area contributed by atoms with Crippen LogP contribution in [0, 0.1) is 0 Å². The summed E-state index contributed by atoms with van der Waals surface area (Å²) in [5, 5.41) is 9.57. The number of halogens is 1. The van der Waals surface area contributed by atoms with Gasteiger partial charge in [-0.2, -0.15) is 0 Å². The van der Waals surface area contributed by atoms with Gasteiger partial charge in [0.15, 0.2) is 17.3 Å². The minimum atomic E-state index is -1.11. The van der Waals surface area contributed by atoms with Crippen LogP contribution in [0.5, 0.6) is 0 Å². The third-order valence-electron chi connectivity index (χ3n) is 2.26. The van der Waals surface area contributed by atoms with Crippen LogP contribution in [-0.2, 0) is 6.42 Å². The highest BCUT2D eigenvalue weighted by atomic mass is 35.5. The fourth-order valence-corrected chi connectivity index (χ4v) is 1.68. The van der Waals surface area contributed by atoms with Crippen LogP contribution in [0.25, 0.3) is 11.3 Å². The number of aryl methyl sites for hydroxylation is 1. The molecule has 2 rings (SSSR count). The Labute approximate surface area is 103 Å². The van der Waals surface area contributed by atoms with Crippen LogP contribution >= 0.6 is 11.6 Å². The lowest BCUT2D eigenvalue weighted by Crippen LogP contribution is -1.99. The number of oxazole rings is 1. The molecule has 0 saturated carbocycles. The maximum atomic E-state index is 11.1. The molecule has 0 bridgehead atoms. The quantitative estimate of drug-likeness (QED) is 0.909. The second kappa shape index (κ2) is 4.59. The van der Waals surface area contributed by atoms with E-state index in [0.29, 0.717) is 22.9 Å². The third-order valence-corrected chi connectivity index (χ3v) is 2.50. The number of hydrogen-bond acceptors (Lipinski definition) is 3. The van der Waals surface area contributed by atoms with Crippen LogP contribution in [-0.4, -0.2) is 16.1 Å². The monoisotopic (exact) mass is 251 g/mol. The van der Waals surface area contributed by atoms with Gasteiger partial charge in [0.25, 0.3) is 0 Å². The first-order valence-electron chi connectivity index (χ1n) is 5.10. The first-order valence-corrected chi connectivity index (χ1v) is 5.48. The van der Waals surface area contributed by atoms with Gasteiger partial charge in [-0.15, -0.1) is 0 Å². The van der Waals surface area contributed by atoms with Gasteiger partial charge in [-0.1, -0.05) is 30.7 Å². The molecule has 0 radical (unpaired) electrons. The molecule has 0 saturated heterocycles. The molecule has 1 aromatic heterocycles. The number of hydrogen-bond donors (Lipinski definition) is 1. The van der Waals surface area contributed by atoms with Gasteiger partial charge in [0.2, 0.25) is 0 Å². The highest BCUT2D eigenvalue weighted by molar-refractivity contribution is 6.30. The second-order valence-corrected chi connectivity index (χ2v) is 3.89. The Hall–Kier alpha value is -1.81. The molecule has 4 nitrogen and oxygen atoms in total. The smallest absolute Gasteiger partial charge is 0.358 e. The summed E-state index contributed by atoms with van der Waals surface area (Å²) in [4.78, 5) is 15.0. The summed E-state index contributed by atoms with van der Waals surface area (Å²) in [5.74, 6) is -0.461. The van der Waals surface area contributed by atoms with Crippen molar-refractivity contribution in [2.45, 2.75) is 13.3 Å². The largest absolute Gasteiger partial charge is 0.476 e. The Balaban J connectivity index is 2.57. The summed E-state index contributed by atoms with van der Waals surface area (Å²) >= 11 is 5.86. The van der Waals surface area contributed by atoms with E-state index in [-0.39, 0.29) is 11.5 Å². The number of carboxylic acid groups (broad SMARTS) is 1. The molecule has 0 aliphatic rings. The van der Waals surface area contributed by atoms with Crippen molar-refractivity contribution in [1.82, 2.24) is 4.98 Å². The van der Waals surface area contributed by atoms with Gasteiger partial charge in [0, 0.05) is 17.0 Å². The standard InChI is InChI=1S/C12H10ClNO3/c1-2-9-14-10(12(15)16)11(17-9)7-4-3-5-8(13)6-7/h3-6H,2H2,1H3,(H,15,16). The Bertz CT molecular complexity index is 563. The molecule has 1 N–H and O–H groups in total. The summed E-state index contributed by atoms with van der Waals surface area (Å²) in [6.45, 7) is 1.85. The van der Waals surface area contributed by atoms with Crippen molar-refractivity contribution in [3.63, 3.8) is 0 Å². The zero-order valence-electron chi connectivity index (χ0n) is 9.11. The van der Waals surface area contributed by atoms with Crippen molar-refractivity contribution in [2.24, 2.45) is 0 Å². The molecular weight excluding hydrogens is 242 g/mol. The molecule has 17 heavy (non-hydrogen) atoms. The van der Waals surface area contributed by atoms with Crippen LogP contribution in [0.1, 0.15) is 23.3 Å². The number of nitrogens with zero attached hydrogens (tertiary/aromatic N) is 1. The van der Waals surface area contributed by atoms with Crippen LogP contribution in [0.4, 0.5) is 0 Å². The summed E-state index contributed by atoms with van der Waals surface area (Å²) in [7, 11) is 0. The lowest BCUT2D eigenvalue weighted by molar-refractivity contribution is 0.0691. The van der Waals surface area contributed by atoms with E-state index in [1.807, 2.05) is 6.92 Å². The van der Waals surface area contributed by atoms with Gasteiger partial charge in [-0.05, 0) is 12.1 Å². The van der Waals surface area contributed by atoms with Gasteiger partial charge < -0.3 is 9.52 Å². The fourth-order valence-electron chi connectivity index (χ4n) is 1.49. The van der Waals surface area contributed by atoms with Crippen molar-refractivity contribution in [1.29, 1.82) is 0 Å². The maximum absolute atomic E-state index is 11.1. The molecule has 0 aliphatic carbocycles. The van der Waals surface area contributed by atoms with Gasteiger partial charge in [-0.3, -0.25) is 0 Å². The van der Waals surface area contributed by atoms with E-state index >= 15 is 0 Å². The van der Waals surface area contributed by atoms with E-state index in [1.54, 1.807) is 24.3 Å². The highest BCUT2D eigenvalue weighted by Gasteiger charge is 2.20. The number of carboxylic acids is 1. The Morgan fingerprint density at radius 2 is 2.29 bits per heavy atom. The average molecular weight is 252 g/mol. The van der Waals surface area contributed by atoms with E-state index in [1.165, 1.54) is 0 Å². The first kappa shape index (κ1) is 11.7. The number of aromatic nitrogens is 1. The predicted molar refractivity (Wildman–Crippen MR) is 63.3 cm³/mol. The molecule has 0 aliphatic heterocycles. The Morgan fingerprint density at radius 3 is 2.88 bits per heavy atom. The summed E-state index contributed by atoms with van der Waals surface area (Å²) in [6.07, 6.45) is 0.543. The van der Waals surface area contributed by atoms with E-state index < -0.39 is 5.97 Å². The minimum Gasteiger partial charge on any atom is -0.476 e.